The number of rotatable bonds is 9. The molecule has 7 heteroatoms. The van der Waals surface area contributed by atoms with Crippen LogP contribution >= 0.6 is 0 Å². The predicted molar refractivity (Wildman–Crippen MR) is 145 cm³/mol. The van der Waals surface area contributed by atoms with Crippen molar-refractivity contribution in [2.24, 2.45) is 23.7 Å². The summed E-state index contributed by atoms with van der Waals surface area (Å²) in [6, 6.07) is 0. The molecular formula is C30H50O7. The SMILES string of the molecule is CC[C@@H](OC)[C@H](C)[C@H]1O[C@@H]1[C@@H](O)[C@H](C)/C=C/C=C(\C)[C@H]1OC(=O)C[C@H](O)CC[C@@](C)(O)[C@@H](C)/C=C/[C@@H]1C. The van der Waals surface area contributed by atoms with E-state index in [0.29, 0.717) is 12.8 Å². The summed E-state index contributed by atoms with van der Waals surface area (Å²) in [6.07, 6.45) is 9.11. The van der Waals surface area contributed by atoms with Gasteiger partial charge in [-0.05, 0) is 38.7 Å². The largest absolute Gasteiger partial charge is 0.457 e. The van der Waals surface area contributed by atoms with E-state index in [1.807, 2.05) is 58.1 Å². The normalized spacial score (nSPS) is 38.1. The number of carbonyl (C=O) groups excluding carboxylic acids is 1. The van der Waals surface area contributed by atoms with Crippen molar-refractivity contribution in [2.45, 2.75) is 116 Å². The van der Waals surface area contributed by atoms with E-state index in [2.05, 4.69) is 13.8 Å². The van der Waals surface area contributed by atoms with Gasteiger partial charge in [0.15, 0.2) is 0 Å². The highest BCUT2D eigenvalue weighted by Gasteiger charge is 2.50. The van der Waals surface area contributed by atoms with Crippen LogP contribution in [0.2, 0.25) is 0 Å². The summed E-state index contributed by atoms with van der Waals surface area (Å²) < 4.78 is 17.1. The number of esters is 1. The highest BCUT2D eigenvalue weighted by Crippen LogP contribution is 2.37. The van der Waals surface area contributed by atoms with Gasteiger partial charge in [-0.15, -0.1) is 0 Å². The van der Waals surface area contributed by atoms with Gasteiger partial charge in [-0.2, -0.15) is 0 Å². The summed E-state index contributed by atoms with van der Waals surface area (Å²) in [5.74, 6) is -0.608. The Morgan fingerprint density at radius 3 is 2.57 bits per heavy atom. The van der Waals surface area contributed by atoms with Crippen molar-refractivity contribution < 1.29 is 34.3 Å². The van der Waals surface area contributed by atoms with E-state index in [4.69, 9.17) is 14.2 Å². The highest BCUT2D eigenvalue weighted by atomic mass is 16.6. The van der Waals surface area contributed by atoms with Gasteiger partial charge in [-0.25, -0.2) is 0 Å². The molecule has 0 unspecified atom stereocenters. The van der Waals surface area contributed by atoms with E-state index in [1.54, 1.807) is 14.0 Å². The lowest BCUT2D eigenvalue weighted by Gasteiger charge is -2.31. The van der Waals surface area contributed by atoms with Crippen molar-refractivity contribution in [3.05, 3.63) is 36.0 Å². The summed E-state index contributed by atoms with van der Waals surface area (Å²) in [4.78, 5) is 12.6. The minimum Gasteiger partial charge on any atom is -0.457 e. The third-order valence-corrected chi connectivity index (χ3v) is 8.28. The first kappa shape index (κ1) is 31.7. The Labute approximate surface area is 223 Å². The van der Waals surface area contributed by atoms with Crippen molar-refractivity contribution in [3.8, 4) is 0 Å². The second-order valence-electron chi connectivity index (χ2n) is 11.4. The third-order valence-electron chi connectivity index (χ3n) is 8.28. The summed E-state index contributed by atoms with van der Waals surface area (Å²) in [6.45, 7) is 13.7. The topological polar surface area (TPSA) is 109 Å². The van der Waals surface area contributed by atoms with Gasteiger partial charge in [0.05, 0.1) is 36.4 Å². The fourth-order valence-electron chi connectivity index (χ4n) is 5.12. The molecule has 0 saturated carbocycles. The van der Waals surface area contributed by atoms with Gasteiger partial charge >= 0.3 is 5.97 Å². The number of carbonyl (C=O) groups is 1. The molecule has 1 fully saturated rings. The average molecular weight is 523 g/mol. The summed E-state index contributed by atoms with van der Waals surface area (Å²) >= 11 is 0. The van der Waals surface area contributed by atoms with E-state index in [9.17, 15) is 20.1 Å². The zero-order valence-corrected chi connectivity index (χ0v) is 24.0. The molecule has 0 aliphatic carbocycles. The fourth-order valence-corrected chi connectivity index (χ4v) is 5.12. The Morgan fingerprint density at radius 2 is 1.95 bits per heavy atom. The number of aliphatic hydroxyl groups is 3. The summed E-state index contributed by atoms with van der Waals surface area (Å²) in [5, 5.41) is 31.9. The molecule has 0 spiro atoms. The minimum atomic E-state index is -0.969. The Morgan fingerprint density at radius 1 is 1.27 bits per heavy atom. The van der Waals surface area contributed by atoms with Gasteiger partial charge in [-0.1, -0.05) is 65.0 Å². The molecule has 0 radical (unpaired) electrons. The first-order valence-electron chi connectivity index (χ1n) is 13.8. The summed E-state index contributed by atoms with van der Waals surface area (Å²) in [5.41, 5.74) is -0.113. The number of aliphatic hydroxyl groups excluding tert-OH is 2. The minimum absolute atomic E-state index is 0.00480. The van der Waals surface area contributed by atoms with Crippen LogP contribution in [0.1, 0.15) is 74.1 Å². The maximum atomic E-state index is 12.6. The number of ether oxygens (including phenoxy) is 3. The van der Waals surface area contributed by atoms with Crippen LogP contribution in [0.4, 0.5) is 0 Å². The lowest BCUT2D eigenvalue weighted by atomic mass is 9.84. The molecule has 0 aromatic rings. The number of hydrogen-bond acceptors (Lipinski definition) is 7. The molecule has 37 heavy (non-hydrogen) atoms. The van der Waals surface area contributed by atoms with Crippen molar-refractivity contribution in [1.29, 1.82) is 0 Å². The van der Waals surface area contributed by atoms with Crippen LogP contribution in [0.5, 0.6) is 0 Å². The van der Waals surface area contributed by atoms with Crippen molar-refractivity contribution in [3.63, 3.8) is 0 Å². The quantitative estimate of drug-likeness (QED) is 0.179. The third kappa shape index (κ3) is 9.03. The first-order chi connectivity index (χ1) is 17.3. The van der Waals surface area contributed by atoms with Crippen LogP contribution in [0.25, 0.3) is 0 Å². The molecule has 7 nitrogen and oxygen atoms in total. The molecule has 212 valence electrons. The second-order valence-corrected chi connectivity index (χ2v) is 11.4. The molecule has 0 aromatic heterocycles. The Hall–Kier alpha value is -1.51. The van der Waals surface area contributed by atoms with Gasteiger partial charge in [0.25, 0.3) is 0 Å². The molecule has 2 aliphatic heterocycles. The Kier molecular flexibility index (Phi) is 12.0. The van der Waals surface area contributed by atoms with Gasteiger partial charge in [0.1, 0.15) is 12.2 Å². The van der Waals surface area contributed by atoms with E-state index < -0.39 is 29.9 Å². The first-order valence-corrected chi connectivity index (χ1v) is 13.8. The van der Waals surface area contributed by atoms with Crippen LogP contribution in [0, 0.1) is 23.7 Å². The van der Waals surface area contributed by atoms with E-state index in [-0.39, 0.29) is 48.4 Å². The highest BCUT2D eigenvalue weighted by molar-refractivity contribution is 5.70. The van der Waals surface area contributed by atoms with Crippen molar-refractivity contribution >= 4 is 5.97 Å². The predicted octanol–water partition coefficient (Wildman–Crippen LogP) is 4.35. The standard InChI is InChI=1S/C30H50O7/c1-9-24(35-8)22(6)28-29(37-28)26(33)18(2)11-10-12-19(3)27-20(4)13-14-21(5)30(7,34)16-15-23(31)17-25(32)36-27/h10-14,18,20-24,26-29,31,33-34H,9,15-17H2,1-8H3/b11-10+,14-13+,19-12+/t18-,20+,21+,22+,23-,24-,26+,27-,28-,29-,30-/m1/s1. The lowest BCUT2D eigenvalue weighted by molar-refractivity contribution is -0.151. The van der Waals surface area contributed by atoms with Crippen molar-refractivity contribution in [2.75, 3.05) is 7.11 Å². The van der Waals surface area contributed by atoms with Crippen LogP contribution in [0.3, 0.4) is 0 Å². The molecule has 2 aliphatic rings. The molecule has 0 aromatic carbocycles. The molecule has 2 heterocycles. The van der Waals surface area contributed by atoms with Crippen LogP contribution in [-0.2, 0) is 19.0 Å². The summed E-state index contributed by atoms with van der Waals surface area (Å²) in [7, 11) is 1.71. The maximum Gasteiger partial charge on any atom is 0.309 e. The monoisotopic (exact) mass is 522 g/mol. The zero-order valence-electron chi connectivity index (χ0n) is 24.0. The van der Waals surface area contributed by atoms with Crippen LogP contribution < -0.4 is 0 Å². The molecule has 2 rings (SSSR count). The maximum absolute atomic E-state index is 12.6. The van der Waals surface area contributed by atoms with E-state index in [0.717, 1.165) is 12.0 Å². The molecule has 11 atom stereocenters. The average Bonchev–Trinajstić information content (AvgIpc) is 3.64. The van der Waals surface area contributed by atoms with Gasteiger partial charge in [0.2, 0.25) is 0 Å². The van der Waals surface area contributed by atoms with Crippen molar-refractivity contribution in [1.82, 2.24) is 0 Å². The zero-order chi connectivity index (χ0) is 27.9. The molecule has 3 N–H and O–H groups in total. The van der Waals surface area contributed by atoms with Crippen LogP contribution in [0.15, 0.2) is 36.0 Å². The number of allylic oxidation sites excluding steroid dienone is 2. The van der Waals surface area contributed by atoms with E-state index in [1.165, 1.54) is 0 Å². The van der Waals surface area contributed by atoms with Crippen LogP contribution in [-0.4, -0.2) is 70.6 Å². The molecule has 1 saturated heterocycles. The number of epoxide rings is 1. The fraction of sp³-hybridized carbons (Fsp3) is 0.767. The van der Waals surface area contributed by atoms with Gasteiger partial charge in [-0.3, -0.25) is 4.79 Å². The molecule has 0 amide bonds. The second kappa shape index (κ2) is 14.0. The number of cyclic esters (lactones) is 1. The Balaban J connectivity index is 2.09. The smallest absolute Gasteiger partial charge is 0.309 e. The lowest BCUT2D eigenvalue weighted by Crippen LogP contribution is -2.34. The van der Waals surface area contributed by atoms with E-state index >= 15 is 0 Å². The number of hydrogen-bond donors (Lipinski definition) is 3. The molecule has 0 bridgehead atoms. The van der Waals surface area contributed by atoms with Gasteiger partial charge < -0.3 is 29.5 Å². The number of methoxy groups -OCH3 is 1. The Bertz CT molecular complexity index is 813. The molecular weight excluding hydrogens is 472 g/mol. The van der Waals surface area contributed by atoms with Gasteiger partial charge in [0, 0.05) is 30.8 Å².